The standard InChI is InChI=1S/C18H20O5/c1-20-15-7-10-5-6-11-13(12(10)9-16(15)21-2)8-14(19)18(23-4)17(11)22-3/h7-9,19H,5-6H2,1-4H3. The van der Waals surface area contributed by atoms with Crippen molar-refractivity contribution in [2.45, 2.75) is 12.8 Å². The lowest BCUT2D eigenvalue weighted by Crippen LogP contribution is -2.08. The first kappa shape index (κ1) is 15.3. The quantitative estimate of drug-likeness (QED) is 0.939. The van der Waals surface area contributed by atoms with Crippen LogP contribution in [-0.2, 0) is 12.8 Å². The molecule has 0 amide bonds. The zero-order valence-corrected chi connectivity index (χ0v) is 13.7. The van der Waals surface area contributed by atoms with Gasteiger partial charge in [-0.3, -0.25) is 0 Å². The Bertz CT molecular complexity index is 752. The highest BCUT2D eigenvalue weighted by molar-refractivity contribution is 5.81. The molecule has 0 fully saturated rings. The largest absolute Gasteiger partial charge is 0.504 e. The smallest absolute Gasteiger partial charge is 0.203 e. The van der Waals surface area contributed by atoms with Crippen LogP contribution >= 0.6 is 0 Å². The number of methoxy groups -OCH3 is 4. The number of phenolic OH excluding ortho intramolecular Hbond substituents is 1. The normalized spacial score (nSPS) is 12.2. The molecule has 0 atom stereocenters. The van der Waals surface area contributed by atoms with E-state index in [1.807, 2.05) is 12.1 Å². The Morgan fingerprint density at radius 2 is 1.39 bits per heavy atom. The van der Waals surface area contributed by atoms with Crippen molar-refractivity contribution in [3.8, 4) is 39.9 Å². The third-order valence-corrected chi connectivity index (χ3v) is 4.27. The van der Waals surface area contributed by atoms with Crippen LogP contribution in [0.5, 0.6) is 28.7 Å². The molecule has 1 N–H and O–H groups in total. The molecule has 5 nitrogen and oxygen atoms in total. The molecule has 0 heterocycles. The monoisotopic (exact) mass is 316 g/mol. The van der Waals surface area contributed by atoms with E-state index >= 15 is 0 Å². The first-order valence-electron chi connectivity index (χ1n) is 7.36. The number of phenols is 1. The minimum atomic E-state index is 0.0609. The summed E-state index contributed by atoms with van der Waals surface area (Å²) in [5, 5.41) is 10.3. The molecule has 2 aromatic rings. The molecule has 1 aliphatic carbocycles. The fourth-order valence-corrected chi connectivity index (χ4v) is 3.21. The van der Waals surface area contributed by atoms with Gasteiger partial charge in [-0.15, -0.1) is 0 Å². The van der Waals surface area contributed by atoms with E-state index < -0.39 is 0 Å². The molecule has 0 spiro atoms. The molecule has 0 radical (unpaired) electrons. The van der Waals surface area contributed by atoms with Gasteiger partial charge in [0.2, 0.25) is 5.75 Å². The number of rotatable bonds is 4. The van der Waals surface area contributed by atoms with Crippen molar-refractivity contribution in [2.24, 2.45) is 0 Å². The van der Waals surface area contributed by atoms with Gasteiger partial charge in [-0.1, -0.05) is 0 Å². The Morgan fingerprint density at radius 3 is 2.00 bits per heavy atom. The van der Waals surface area contributed by atoms with Crippen LogP contribution in [0.1, 0.15) is 11.1 Å². The average Bonchev–Trinajstić information content (AvgIpc) is 2.58. The van der Waals surface area contributed by atoms with Gasteiger partial charge in [0.05, 0.1) is 28.4 Å². The Hall–Kier alpha value is -2.56. The van der Waals surface area contributed by atoms with Crippen LogP contribution in [0.25, 0.3) is 11.1 Å². The maximum atomic E-state index is 10.3. The summed E-state index contributed by atoms with van der Waals surface area (Å²) in [6, 6.07) is 5.66. The van der Waals surface area contributed by atoms with Crippen molar-refractivity contribution in [2.75, 3.05) is 28.4 Å². The Balaban J connectivity index is 2.27. The zero-order chi connectivity index (χ0) is 16.6. The summed E-state index contributed by atoms with van der Waals surface area (Å²) >= 11 is 0. The summed E-state index contributed by atoms with van der Waals surface area (Å²) in [5.41, 5.74) is 4.13. The first-order valence-corrected chi connectivity index (χ1v) is 7.36. The minimum absolute atomic E-state index is 0.0609. The van der Waals surface area contributed by atoms with Gasteiger partial charge in [-0.2, -0.15) is 0 Å². The SMILES string of the molecule is COc1cc2c(cc1OC)-c1cc(O)c(OC)c(OC)c1CC2. The lowest BCUT2D eigenvalue weighted by Gasteiger charge is -2.25. The molecule has 0 bridgehead atoms. The summed E-state index contributed by atoms with van der Waals surface area (Å²) < 4.78 is 21.6. The molecule has 0 aromatic heterocycles. The summed E-state index contributed by atoms with van der Waals surface area (Å²) in [7, 11) is 6.34. The second-order valence-corrected chi connectivity index (χ2v) is 5.35. The third-order valence-electron chi connectivity index (χ3n) is 4.27. The van der Waals surface area contributed by atoms with Gasteiger partial charge in [0.25, 0.3) is 0 Å². The molecule has 3 rings (SSSR count). The van der Waals surface area contributed by atoms with Gasteiger partial charge in [-0.25, -0.2) is 0 Å². The fourth-order valence-electron chi connectivity index (χ4n) is 3.21. The topological polar surface area (TPSA) is 57.2 Å². The van der Waals surface area contributed by atoms with Crippen LogP contribution in [-0.4, -0.2) is 33.5 Å². The number of hydrogen-bond acceptors (Lipinski definition) is 5. The summed E-state index contributed by atoms with van der Waals surface area (Å²) in [6.45, 7) is 0. The number of aromatic hydroxyl groups is 1. The van der Waals surface area contributed by atoms with E-state index in [4.69, 9.17) is 18.9 Å². The second kappa shape index (κ2) is 5.91. The number of hydrogen-bond donors (Lipinski definition) is 1. The van der Waals surface area contributed by atoms with E-state index in [0.29, 0.717) is 23.0 Å². The van der Waals surface area contributed by atoms with Gasteiger partial charge in [0.1, 0.15) is 0 Å². The molecule has 0 aliphatic heterocycles. The molecule has 122 valence electrons. The van der Waals surface area contributed by atoms with Crippen molar-refractivity contribution in [1.29, 1.82) is 0 Å². The van der Waals surface area contributed by atoms with E-state index in [1.165, 1.54) is 7.11 Å². The van der Waals surface area contributed by atoms with E-state index in [1.54, 1.807) is 27.4 Å². The number of ether oxygens (including phenoxy) is 4. The average molecular weight is 316 g/mol. The molecule has 5 heteroatoms. The van der Waals surface area contributed by atoms with Crippen molar-refractivity contribution >= 4 is 0 Å². The Kier molecular flexibility index (Phi) is 3.94. The van der Waals surface area contributed by atoms with Crippen molar-refractivity contribution in [3.05, 3.63) is 29.3 Å². The molecule has 1 aliphatic rings. The van der Waals surface area contributed by atoms with Gasteiger partial charge < -0.3 is 24.1 Å². The van der Waals surface area contributed by atoms with Crippen molar-refractivity contribution in [1.82, 2.24) is 0 Å². The molecular formula is C18H20O5. The molecule has 0 unspecified atom stereocenters. The third kappa shape index (κ3) is 2.32. The van der Waals surface area contributed by atoms with Gasteiger partial charge in [0.15, 0.2) is 23.0 Å². The minimum Gasteiger partial charge on any atom is -0.504 e. The second-order valence-electron chi connectivity index (χ2n) is 5.35. The van der Waals surface area contributed by atoms with E-state index in [2.05, 4.69) is 0 Å². The summed E-state index contributed by atoms with van der Waals surface area (Å²) in [6.07, 6.45) is 1.66. The molecule has 23 heavy (non-hydrogen) atoms. The maximum absolute atomic E-state index is 10.3. The van der Waals surface area contributed by atoms with Gasteiger partial charge >= 0.3 is 0 Å². The predicted octanol–water partition coefficient (Wildman–Crippen LogP) is 3.19. The van der Waals surface area contributed by atoms with Crippen LogP contribution in [0, 0.1) is 0 Å². The number of fused-ring (bicyclic) bond motifs is 3. The van der Waals surface area contributed by atoms with Crippen LogP contribution in [0.15, 0.2) is 18.2 Å². The fraction of sp³-hybridized carbons (Fsp3) is 0.333. The summed E-state index contributed by atoms with van der Waals surface area (Å²) in [5.74, 6) is 2.39. The molecular weight excluding hydrogens is 296 g/mol. The summed E-state index contributed by atoms with van der Waals surface area (Å²) in [4.78, 5) is 0. The Labute approximate surface area is 135 Å². The highest BCUT2D eigenvalue weighted by Gasteiger charge is 2.26. The van der Waals surface area contributed by atoms with Gasteiger partial charge in [-0.05, 0) is 47.7 Å². The number of aryl methyl sites for hydroxylation is 1. The molecule has 0 saturated carbocycles. The number of benzene rings is 2. The van der Waals surface area contributed by atoms with Crippen LogP contribution in [0.2, 0.25) is 0 Å². The lowest BCUT2D eigenvalue weighted by molar-refractivity contribution is 0.330. The van der Waals surface area contributed by atoms with E-state index in [0.717, 1.165) is 35.1 Å². The zero-order valence-electron chi connectivity index (χ0n) is 13.7. The lowest BCUT2D eigenvalue weighted by atomic mass is 9.84. The van der Waals surface area contributed by atoms with Crippen molar-refractivity contribution in [3.63, 3.8) is 0 Å². The van der Waals surface area contributed by atoms with Gasteiger partial charge in [0, 0.05) is 5.56 Å². The Morgan fingerprint density at radius 1 is 0.739 bits per heavy atom. The van der Waals surface area contributed by atoms with Crippen LogP contribution in [0.4, 0.5) is 0 Å². The van der Waals surface area contributed by atoms with Crippen LogP contribution in [0.3, 0.4) is 0 Å². The predicted molar refractivity (Wildman–Crippen MR) is 87.2 cm³/mol. The highest BCUT2D eigenvalue weighted by atomic mass is 16.5. The highest BCUT2D eigenvalue weighted by Crippen LogP contribution is 2.49. The maximum Gasteiger partial charge on any atom is 0.203 e. The first-order chi connectivity index (χ1) is 11.1. The van der Waals surface area contributed by atoms with Crippen molar-refractivity contribution < 1.29 is 24.1 Å². The molecule has 2 aromatic carbocycles. The van der Waals surface area contributed by atoms with Crippen LogP contribution < -0.4 is 18.9 Å². The van der Waals surface area contributed by atoms with E-state index in [-0.39, 0.29) is 5.75 Å². The van der Waals surface area contributed by atoms with E-state index in [9.17, 15) is 5.11 Å². The molecule has 0 saturated heterocycles.